The maximum Gasteiger partial charge on any atom is 0.349 e. The average molecular weight is 401 g/mol. The fourth-order valence-corrected chi connectivity index (χ4v) is 3.71. The van der Waals surface area contributed by atoms with Gasteiger partial charge in [0.25, 0.3) is 0 Å². The molecular weight excluding hydrogens is 392 g/mol. The van der Waals surface area contributed by atoms with Gasteiger partial charge in [0.2, 0.25) is 0 Å². The van der Waals surface area contributed by atoms with E-state index < -0.39 is 58.0 Å². The Kier molecular flexibility index (Phi) is 3.58. The summed E-state index contributed by atoms with van der Waals surface area (Å²) >= 11 is 0. The summed E-state index contributed by atoms with van der Waals surface area (Å²) in [6.07, 6.45) is -5.54. The number of ether oxygens (including phenoxy) is 1. The molecule has 2 aromatic carbocycles. The molecular formula is C18H9F6NO3. The molecule has 0 spiro atoms. The molecule has 28 heavy (non-hydrogen) atoms. The van der Waals surface area contributed by atoms with E-state index in [0.29, 0.717) is 6.07 Å². The number of benzene rings is 2. The molecule has 0 aromatic heterocycles. The van der Waals surface area contributed by atoms with E-state index in [1.54, 1.807) is 0 Å². The summed E-state index contributed by atoms with van der Waals surface area (Å²) in [4.78, 5) is 3.00. The number of hydrogen-bond acceptors (Lipinski definition) is 3. The lowest BCUT2D eigenvalue weighted by Gasteiger charge is -2.32. The van der Waals surface area contributed by atoms with Crippen LogP contribution < -0.4 is 4.74 Å². The van der Waals surface area contributed by atoms with Crippen LogP contribution in [0.5, 0.6) is 11.5 Å². The zero-order chi connectivity index (χ0) is 20.6. The van der Waals surface area contributed by atoms with Gasteiger partial charge in [0, 0.05) is 22.8 Å². The Morgan fingerprint density at radius 1 is 1.11 bits per heavy atom. The third-order valence-corrected chi connectivity index (χ3v) is 4.98. The first kappa shape index (κ1) is 18.6. The fraction of sp³-hybridized carbons (Fsp3) is 0.278. The van der Waals surface area contributed by atoms with Crippen LogP contribution in [0, 0.1) is 12.4 Å². The number of hydrogen-bond donors (Lipinski definition) is 2. The van der Waals surface area contributed by atoms with Crippen molar-refractivity contribution < 1.29 is 41.3 Å². The molecule has 4 nitrogen and oxygen atoms in total. The summed E-state index contributed by atoms with van der Waals surface area (Å²) in [5, 5.41) is 20.2. The van der Waals surface area contributed by atoms with Crippen LogP contribution in [0.2, 0.25) is 0 Å². The van der Waals surface area contributed by atoms with Crippen molar-refractivity contribution in [2.45, 2.75) is 29.7 Å². The lowest BCUT2D eigenvalue weighted by Crippen LogP contribution is -2.53. The standard InChI is InChI=1S/C18H9F6NO3/c1-25-8-4-7(19)5-9(6-8)28-11-3-2-10-13-12(11)14(26)15(20)16(13,27)18(23,24)17(10,21)22/h2-6,14-15,26-27H/t14-,15-,16-/m0/s1. The number of aliphatic hydroxyl groups excluding tert-OH is 1. The summed E-state index contributed by atoms with van der Waals surface area (Å²) < 4.78 is 90.1. The number of halogens is 6. The largest absolute Gasteiger partial charge is 0.458 e. The van der Waals surface area contributed by atoms with Gasteiger partial charge in [0.15, 0.2) is 17.5 Å². The molecule has 0 bridgehead atoms. The summed E-state index contributed by atoms with van der Waals surface area (Å²) in [5.41, 5.74) is -7.39. The van der Waals surface area contributed by atoms with Gasteiger partial charge < -0.3 is 14.9 Å². The minimum absolute atomic E-state index is 0.175. The van der Waals surface area contributed by atoms with E-state index in [1.807, 2.05) is 0 Å². The maximum absolute atomic E-state index is 14.5. The van der Waals surface area contributed by atoms with E-state index in [1.165, 1.54) is 0 Å². The molecule has 3 atom stereocenters. The van der Waals surface area contributed by atoms with Crippen molar-refractivity contribution in [3.8, 4) is 11.5 Å². The molecule has 2 N–H and O–H groups in total. The normalized spacial score (nSPS) is 28.7. The predicted octanol–water partition coefficient (Wildman–Crippen LogP) is 4.48. The average Bonchev–Trinajstić information content (AvgIpc) is 2.90. The van der Waals surface area contributed by atoms with Gasteiger partial charge in [-0.05, 0) is 24.3 Å². The molecule has 10 heteroatoms. The molecule has 2 aliphatic rings. The van der Waals surface area contributed by atoms with Crippen molar-refractivity contribution >= 4 is 5.69 Å². The second kappa shape index (κ2) is 5.40. The smallest absolute Gasteiger partial charge is 0.349 e. The maximum atomic E-state index is 14.5. The first-order valence-electron chi connectivity index (χ1n) is 7.80. The lowest BCUT2D eigenvalue weighted by atomic mass is 9.93. The molecule has 2 aliphatic carbocycles. The van der Waals surface area contributed by atoms with Crippen LogP contribution in [0.15, 0.2) is 30.3 Å². The van der Waals surface area contributed by atoms with Crippen LogP contribution in [0.3, 0.4) is 0 Å². The number of alkyl halides is 5. The highest BCUT2D eigenvalue weighted by molar-refractivity contribution is 5.62. The minimum Gasteiger partial charge on any atom is -0.458 e. The third kappa shape index (κ3) is 1.98. The van der Waals surface area contributed by atoms with E-state index in [9.17, 15) is 36.6 Å². The Morgan fingerprint density at radius 3 is 2.43 bits per heavy atom. The molecule has 146 valence electrons. The summed E-state index contributed by atoms with van der Waals surface area (Å²) in [6.45, 7) is 6.89. The molecule has 2 aromatic rings. The van der Waals surface area contributed by atoms with Crippen molar-refractivity contribution in [3.63, 3.8) is 0 Å². The Balaban J connectivity index is 1.92. The van der Waals surface area contributed by atoms with E-state index >= 15 is 0 Å². The zero-order valence-electron chi connectivity index (χ0n) is 13.6. The van der Waals surface area contributed by atoms with Crippen LogP contribution in [-0.4, -0.2) is 22.3 Å². The van der Waals surface area contributed by atoms with E-state index in [-0.39, 0.29) is 11.4 Å². The Bertz CT molecular complexity index is 1050. The number of rotatable bonds is 2. The molecule has 0 saturated carbocycles. The van der Waals surface area contributed by atoms with Gasteiger partial charge >= 0.3 is 11.8 Å². The third-order valence-electron chi connectivity index (χ3n) is 4.98. The monoisotopic (exact) mass is 401 g/mol. The first-order chi connectivity index (χ1) is 13.0. The van der Waals surface area contributed by atoms with Crippen molar-refractivity contribution in [3.05, 3.63) is 64.3 Å². The molecule has 0 unspecified atom stereocenters. The molecule has 0 aliphatic heterocycles. The van der Waals surface area contributed by atoms with Crippen molar-refractivity contribution in [1.29, 1.82) is 0 Å². The van der Waals surface area contributed by atoms with Gasteiger partial charge in [-0.3, -0.25) is 0 Å². The molecule has 0 heterocycles. The fourth-order valence-electron chi connectivity index (χ4n) is 3.71. The summed E-state index contributed by atoms with van der Waals surface area (Å²) in [6, 6.07) is 4.08. The van der Waals surface area contributed by atoms with Crippen LogP contribution in [0.4, 0.5) is 32.0 Å². The van der Waals surface area contributed by atoms with E-state index in [0.717, 1.165) is 24.3 Å². The second-order valence-electron chi connectivity index (χ2n) is 6.52. The van der Waals surface area contributed by atoms with E-state index in [2.05, 4.69) is 4.85 Å². The SMILES string of the molecule is [C-]#[N+]c1cc(F)cc(Oc2ccc3c4c2[C@H](O)[C@H](F)[C@]4(O)C(F)(F)C3(F)F)c1. The molecule has 4 rings (SSSR count). The lowest BCUT2D eigenvalue weighted by molar-refractivity contribution is -0.304. The van der Waals surface area contributed by atoms with Gasteiger partial charge in [-0.25, -0.2) is 13.6 Å². The van der Waals surface area contributed by atoms with Gasteiger partial charge in [-0.2, -0.15) is 17.6 Å². The highest BCUT2D eigenvalue weighted by Crippen LogP contribution is 2.68. The Morgan fingerprint density at radius 2 is 1.79 bits per heavy atom. The Labute approximate surface area is 153 Å². The summed E-state index contributed by atoms with van der Waals surface area (Å²) in [5.74, 6) is -11.8. The quantitative estimate of drug-likeness (QED) is 0.576. The highest BCUT2D eigenvalue weighted by Gasteiger charge is 2.82. The highest BCUT2D eigenvalue weighted by atomic mass is 19.3. The zero-order valence-corrected chi connectivity index (χ0v) is 13.6. The molecule has 0 amide bonds. The Hall–Kier alpha value is -2.77. The van der Waals surface area contributed by atoms with Crippen LogP contribution >= 0.6 is 0 Å². The van der Waals surface area contributed by atoms with Gasteiger partial charge in [-0.1, -0.05) is 0 Å². The van der Waals surface area contributed by atoms with Crippen LogP contribution in [0.1, 0.15) is 22.8 Å². The van der Waals surface area contributed by atoms with Gasteiger partial charge in [-0.15, -0.1) is 0 Å². The number of nitrogens with zero attached hydrogens (tertiary/aromatic N) is 1. The molecule has 0 radical (unpaired) electrons. The van der Waals surface area contributed by atoms with Gasteiger partial charge in [0.05, 0.1) is 6.57 Å². The van der Waals surface area contributed by atoms with Crippen LogP contribution in [-0.2, 0) is 11.5 Å². The summed E-state index contributed by atoms with van der Waals surface area (Å²) in [7, 11) is 0. The molecule has 0 saturated heterocycles. The van der Waals surface area contributed by atoms with Crippen LogP contribution in [0.25, 0.3) is 4.85 Å². The van der Waals surface area contributed by atoms with E-state index in [4.69, 9.17) is 11.3 Å². The number of aliphatic hydroxyl groups is 2. The van der Waals surface area contributed by atoms with Crippen molar-refractivity contribution in [2.75, 3.05) is 0 Å². The first-order valence-corrected chi connectivity index (χ1v) is 7.80. The van der Waals surface area contributed by atoms with Crippen molar-refractivity contribution in [1.82, 2.24) is 0 Å². The topological polar surface area (TPSA) is 54.0 Å². The van der Waals surface area contributed by atoms with Crippen molar-refractivity contribution in [2.24, 2.45) is 0 Å². The molecule has 0 fully saturated rings. The minimum atomic E-state index is -5.22. The second-order valence-corrected chi connectivity index (χ2v) is 6.52. The van der Waals surface area contributed by atoms with Gasteiger partial charge in [0.1, 0.15) is 23.4 Å². The predicted molar refractivity (Wildman–Crippen MR) is 81.8 cm³/mol.